The number of piperazine rings is 1. The Hall–Kier alpha value is -3.83. The molecule has 1 aliphatic rings. The van der Waals surface area contributed by atoms with Crippen molar-refractivity contribution >= 4 is 45.6 Å². The van der Waals surface area contributed by atoms with Crippen LogP contribution >= 0.6 is 11.6 Å². The van der Waals surface area contributed by atoms with E-state index in [1.807, 2.05) is 90.7 Å². The molecule has 0 radical (unpaired) electrons. The molecule has 1 saturated heterocycles. The second-order valence-corrected chi connectivity index (χ2v) is 9.19. The minimum atomic E-state index is -0.172. The first kappa shape index (κ1) is 22.9. The molecule has 0 unspecified atom stereocenters. The summed E-state index contributed by atoms with van der Waals surface area (Å²) in [4.78, 5) is 29.9. The maximum atomic E-state index is 13.0. The number of fused-ring (bicyclic) bond motifs is 1. The second kappa shape index (κ2) is 9.80. The van der Waals surface area contributed by atoms with Gasteiger partial charge in [-0.25, -0.2) is 0 Å². The maximum absolute atomic E-state index is 13.0. The molecule has 0 bridgehead atoms. The van der Waals surface area contributed by atoms with Crippen LogP contribution in [0.4, 0.5) is 11.4 Å². The summed E-state index contributed by atoms with van der Waals surface area (Å²) in [6, 6.07) is 26.7. The molecule has 6 heteroatoms. The fourth-order valence-corrected chi connectivity index (χ4v) is 4.71. The third-order valence-electron chi connectivity index (χ3n) is 6.47. The summed E-state index contributed by atoms with van der Waals surface area (Å²) in [6.07, 6.45) is 0. The van der Waals surface area contributed by atoms with Crippen LogP contribution in [0.3, 0.4) is 0 Å². The Morgan fingerprint density at radius 3 is 2.14 bits per heavy atom. The molecule has 176 valence electrons. The predicted molar refractivity (Wildman–Crippen MR) is 143 cm³/mol. The number of amides is 2. The van der Waals surface area contributed by atoms with Gasteiger partial charge in [-0.15, -0.1) is 0 Å². The number of hydrogen-bond donors (Lipinski definition) is 1. The van der Waals surface area contributed by atoms with E-state index in [-0.39, 0.29) is 11.8 Å². The van der Waals surface area contributed by atoms with Crippen LogP contribution in [0.2, 0.25) is 5.02 Å². The molecule has 5 nitrogen and oxygen atoms in total. The standard InChI is InChI=1S/C29H26ClN3O2/c1-20-8-10-21(11-9-20)29(35)33-18-16-32(17-19-33)23-14-12-22(13-15-23)31-28(34)26-6-2-5-25-24(26)4-3-7-27(25)30/h2-15H,16-19H2,1H3,(H,31,34). The van der Waals surface area contributed by atoms with E-state index in [0.717, 1.165) is 46.4 Å². The van der Waals surface area contributed by atoms with Crippen LogP contribution in [0.1, 0.15) is 26.3 Å². The minimum absolute atomic E-state index is 0.0810. The van der Waals surface area contributed by atoms with E-state index in [2.05, 4.69) is 10.2 Å². The van der Waals surface area contributed by atoms with Crippen LogP contribution < -0.4 is 10.2 Å². The summed E-state index contributed by atoms with van der Waals surface area (Å²) in [7, 11) is 0. The molecule has 1 heterocycles. The fourth-order valence-electron chi connectivity index (χ4n) is 4.47. The van der Waals surface area contributed by atoms with Gasteiger partial charge in [0.15, 0.2) is 0 Å². The van der Waals surface area contributed by atoms with Crippen LogP contribution in [-0.2, 0) is 0 Å². The van der Waals surface area contributed by atoms with E-state index in [1.54, 1.807) is 6.07 Å². The molecule has 4 aromatic carbocycles. The van der Waals surface area contributed by atoms with Crippen LogP contribution in [0.25, 0.3) is 10.8 Å². The lowest BCUT2D eigenvalue weighted by atomic mass is 10.0. The second-order valence-electron chi connectivity index (χ2n) is 8.79. The lowest BCUT2D eigenvalue weighted by Gasteiger charge is -2.36. The van der Waals surface area contributed by atoms with Gasteiger partial charge < -0.3 is 15.1 Å². The van der Waals surface area contributed by atoms with Crippen molar-refractivity contribution in [2.75, 3.05) is 36.4 Å². The van der Waals surface area contributed by atoms with Crippen molar-refractivity contribution in [3.8, 4) is 0 Å². The smallest absolute Gasteiger partial charge is 0.256 e. The largest absolute Gasteiger partial charge is 0.368 e. The quantitative estimate of drug-likeness (QED) is 0.386. The van der Waals surface area contributed by atoms with E-state index in [4.69, 9.17) is 11.6 Å². The number of anilines is 2. The van der Waals surface area contributed by atoms with E-state index >= 15 is 0 Å². The first-order chi connectivity index (χ1) is 17.0. The van der Waals surface area contributed by atoms with Crippen molar-refractivity contribution in [3.05, 3.63) is 107 Å². The Morgan fingerprint density at radius 2 is 1.43 bits per heavy atom. The van der Waals surface area contributed by atoms with Crippen LogP contribution in [0.15, 0.2) is 84.9 Å². The number of halogens is 1. The lowest BCUT2D eigenvalue weighted by Crippen LogP contribution is -2.48. The highest BCUT2D eigenvalue weighted by molar-refractivity contribution is 6.36. The van der Waals surface area contributed by atoms with Gasteiger partial charge in [-0.05, 0) is 60.8 Å². The Balaban J connectivity index is 1.21. The minimum Gasteiger partial charge on any atom is -0.368 e. The van der Waals surface area contributed by atoms with Crippen molar-refractivity contribution in [1.82, 2.24) is 4.90 Å². The van der Waals surface area contributed by atoms with E-state index in [1.165, 1.54) is 0 Å². The van der Waals surface area contributed by atoms with E-state index in [0.29, 0.717) is 23.7 Å². The zero-order chi connectivity index (χ0) is 24.4. The molecule has 1 aliphatic heterocycles. The summed E-state index contributed by atoms with van der Waals surface area (Å²) in [6.45, 7) is 4.90. The third-order valence-corrected chi connectivity index (χ3v) is 6.80. The number of carbonyl (C=O) groups excluding carboxylic acids is 2. The number of carbonyl (C=O) groups is 2. The molecule has 0 aliphatic carbocycles. The van der Waals surface area contributed by atoms with E-state index < -0.39 is 0 Å². The zero-order valence-electron chi connectivity index (χ0n) is 19.5. The summed E-state index contributed by atoms with van der Waals surface area (Å²) in [5.41, 5.74) is 4.27. The molecule has 5 rings (SSSR count). The van der Waals surface area contributed by atoms with Gasteiger partial charge in [0, 0.05) is 59.1 Å². The molecule has 35 heavy (non-hydrogen) atoms. The average molecular weight is 484 g/mol. The fraction of sp³-hybridized carbons (Fsp3) is 0.172. The van der Waals surface area contributed by atoms with Crippen LogP contribution in [0, 0.1) is 6.92 Å². The Morgan fingerprint density at radius 1 is 0.771 bits per heavy atom. The maximum Gasteiger partial charge on any atom is 0.256 e. The predicted octanol–water partition coefficient (Wildman–Crippen LogP) is 6.02. The van der Waals surface area contributed by atoms with Gasteiger partial charge in [0.1, 0.15) is 0 Å². The van der Waals surface area contributed by atoms with Gasteiger partial charge in [0.2, 0.25) is 0 Å². The Kier molecular flexibility index (Phi) is 6.43. The molecule has 0 saturated carbocycles. The van der Waals surface area contributed by atoms with Gasteiger partial charge in [-0.1, -0.05) is 53.6 Å². The number of rotatable bonds is 4. The highest BCUT2D eigenvalue weighted by Crippen LogP contribution is 2.27. The molecule has 1 fully saturated rings. The lowest BCUT2D eigenvalue weighted by molar-refractivity contribution is 0.0746. The van der Waals surface area contributed by atoms with Gasteiger partial charge in [-0.2, -0.15) is 0 Å². The van der Waals surface area contributed by atoms with Crippen LogP contribution in [0.5, 0.6) is 0 Å². The summed E-state index contributed by atoms with van der Waals surface area (Å²) >= 11 is 6.29. The van der Waals surface area contributed by atoms with Crippen LogP contribution in [-0.4, -0.2) is 42.9 Å². The van der Waals surface area contributed by atoms with Gasteiger partial charge >= 0.3 is 0 Å². The summed E-state index contributed by atoms with van der Waals surface area (Å²) in [5, 5.41) is 5.30. The topological polar surface area (TPSA) is 52.7 Å². The number of hydrogen-bond acceptors (Lipinski definition) is 3. The zero-order valence-corrected chi connectivity index (χ0v) is 20.3. The Bertz CT molecular complexity index is 1380. The number of benzene rings is 4. The normalized spacial score (nSPS) is 13.7. The molecule has 0 spiro atoms. The third kappa shape index (κ3) is 4.86. The number of aryl methyl sites for hydroxylation is 1. The number of nitrogens with one attached hydrogen (secondary N) is 1. The highest BCUT2D eigenvalue weighted by atomic mass is 35.5. The molecular weight excluding hydrogens is 458 g/mol. The molecule has 0 aromatic heterocycles. The first-order valence-electron chi connectivity index (χ1n) is 11.7. The van der Waals surface area contributed by atoms with Gasteiger partial charge in [-0.3, -0.25) is 9.59 Å². The number of nitrogens with zero attached hydrogens (tertiary/aromatic N) is 2. The van der Waals surface area contributed by atoms with Gasteiger partial charge in [0.05, 0.1) is 0 Å². The van der Waals surface area contributed by atoms with Crippen molar-refractivity contribution < 1.29 is 9.59 Å². The first-order valence-corrected chi connectivity index (χ1v) is 12.1. The van der Waals surface area contributed by atoms with E-state index in [9.17, 15) is 9.59 Å². The molecule has 1 N–H and O–H groups in total. The summed E-state index contributed by atoms with van der Waals surface area (Å²) < 4.78 is 0. The Labute approximate surface area is 209 Å². The SMILES string of the molecule is Cc1ccc(C(=O)N2CCN(c3ccc(NC(=O)c4cccc5c(Cl)cccc45)cc3)CC2)cc1. The van der Waals surface area contributed by atoms with Gasteiger partial charge in [0.25, 0.3) is 11.8 Å². The van der Waals surface area contributed by atoms with Crippen molar-refractivity contribution in [2.45, 2.75) is 6.92 Å². The molecule has 0 atom stereocenters. The van der Waals surface area contributed by atoms with Crippen molar-refractivity contribution in [3.63, 3.8) is 0 Å². The van der Waals surface area contributed by atoms with Crippen molar-refractivity contribution in [1.29, 1.82) is 0 Å². The molecule has 4 aromatic rings. The monoisotopic (exact) mass is 483 g/mol. The van der Waals surface area contributed by atoms with Crippen molar-refractivity contribution in [2.24, 2.45) is 0 Å². The highest BCUT2D eigenvalue weighted by Gasteiger charge is 2.22. The summed E-state index contributed by atoms with van der Waals surface area (Å²) in [5.74, 6) is -0.0914. The average Bonchev–Trinajstić information content (AvgIpc) is 2.89. The molecular formula is C29H26ClN3O2. The molecule has 2 amide bonds.